The van der Waals surface area contributed by atoms with Crippen LogP contribution in [0.3, 0.4) is 0 Å². The van der Waals surface area contributed by atoms with Gasteiger partial charge in [-0.2, -0.15) is 0 Å². The van der Waals surface area contributed by atoms with Crippen LogP contribution in [0.4, 0.5) is 0 Å². The Morgan fingerprint density at radius 1 is 1.24 bits per heavy atom. The minimum absolute atomic E-state index is 0.137. The molecule has 1 aromatic heterocycles. The maximum atomic E-state index is 11.2. The molecule has 2 rings (SSSR count). The quantitative estimate of drug-likeness (QED) is 0.752. The van der Waals surface area contributed by atoms with Crippen molar-refractivity contribution in [1.29, 1.82) is 0 Å². The summed E-state index contributed by atoms with van der Waals surface area (Å²) < 4.78 is 0. The second kappa shape index (κ2) is 6.34. The standard InChI is InChI=1S/C11H8N2O2.CH4O/c14-7-9-6-10(15)13-11(12-9)8-4-2-1-3-5-8;1-2/h1-7H,(H,12,13,15);2H,1H3. The molecule has 88 valence electrons. The number of carbonyl (C=O) groups excluding carboxylic acids is 1. The molecule has 0 unspecified atom stereocenters. The number of aromatic nitrogens is 2. The van der Waals surface area contributed by atoms with Crippen LogP contribution in [0.2, 0.25) is 0 Å². The molecule has 0 spiro atoms. The van der Waals surface area contributed by atoms with E-state index in [2.05, 4.69) is 9.97 Å². The summed E-state index contributed by atoms with van der Waals surface area (Å²) in [5, 5.41) is 7.00. The van der Waals surface area contributed by atoms with Gasteiger partial charge < -0.3 is 10.1 Å². The highest BCUT2D eigenvalue weighted by molar-refractivity contribution is 5.72. The SMILES string of the molecule is CO.O=Cc1cc(=O)[nH]c(-c2ccccc2)n1. The molecule has 0 aliphatic rings. The molecule has 1 aromatic carbocycles. The fraction of sp³-hybridized carbons (Fsp3) is 0.0833. The van der Waals surface area contributed by atoms with Crippen molar-refractivity contribution in [3.05, 3.63) is 52.4 Å². The number of aromatic amines is 1. The smallest absolute Gasteiger partial charge is 0.251 e. The van der Waals surface area contributed by atoms with Crippen LogP contribution >= 0.6 is 0 Å². The first-order chi connectivity index (χ1) is 8.29. The summed E-state index contributed by atoms with van der Waals surface area (Å²) in [5.74, 6) is 0.408. The number of carbonyl (C=O) groups is 1. The van der Waals surface area contributed by atoms with Crippen LogP contribution in [0.1, 0.15) is 10.5 Å². The van der Waals surface area contributed by atoms with Gasteiger partial charge in [-0.05, 0) is 0 Å². The summed E-state index contributed by atoms with van der Waals surface area (Å²) >= 11 is 0. The molecular weight excluding hydrogens is 220 g/mol. The zero-order valence-electron chi connectivity index (χ0n) is 9.25. The van der Waals surface area contributed by atoms with Gasteiger partial charge in [-0.15, -0.1) is 0 Å². The normalized spacial score (nSPS) is 9.06. The third-order valence-corrected chi connectivity index (χ3v) is 1.93. The lowest BCUT2D eigenvalue weighted by molar-refractivity contribution is 0.111. The highest BCUT2D eigenvalue weighted by Crippen LogP contribution is 2.11. The van der Waals surface area contributed by atoms with Crippen LogP contribution in [0.15, 0.2) is 41.2 Å². The number of nitrogens with one attached hydrogen (secondary N) is 1. The summed E-state index contributed by atoms with van der Waals surface area (Å²) in [6, 6.07) is 10.3. The van der Waals surface area contributed by atoms with E-state index in [-0.39, 0.29) is 11.3 Å². The van der Waals surface area contributed by atoms with E-state index in [1.807, 2.05) is 30.3 Å². The maximum absolute atomic E-state index is 11.2. The fourth-order valence-electron chi connectivity index (χ4n) is 1.27. The predicted octanol–water partition coefficient (Wildman–Crippen LogP) is 0.858. The van der Waals surface area contributed by atoms with Crippen molar-refractivity contribution in [3.63, 3.8) is 0 Å². The fourth-order valence-corrected chi connectivity index (χ4v) is 1.27. The van der Waals surface area contributed by atoms with Gasteiger partial charge in [0.25, 0.3) is 5.56 Å². The summed E-state index contributed by atoms with van der Waals surface area (Å²) in [6.07, 6.45) is 0.557. The van der Waals surface area contributed by atoms with E-state index < -0.39 is 0 Å². The monoisotopic (exact) mass is 232 g/mol. The van der Waals surface area contributed by atoms with E-state index in [1.165, 1.54) is 6.07 Å². The molecule has 0 saturated heterocycles. The summed E-state index contributed by atoms with van der Waals surface area (Å²) in [6.45, 7) is 0. The van der Waals surface area contributed by atoms with Crippen LogP contribution in [-0.4, -0.2) is 28.5 Å². The third kappa shape index (κ3) is 3.35. The molecule has 0 bridgehead atoms. The predicted molar refractivity (Wildman–Crippen MR) is 63.8 cm³/mol. The van der Waals surface area contributed by atoms with Gasteiger partial charge in [-0.25, -0.2) is 4.98 Å². The van der Waals surface area contributed by atoms with Gasteiger partial charge in [0.15, 0.2) is 6.29 Å². The minimum Gasteiger partial charge on any atom is -0.400 e. The third-order valence-electron chi connectivity index (χ3n) is 1.93. The van der Waals surface area contributed by atoms with Crippen molar-refractivity contribution in [1.82, 2.24) is 9.97 Å². The Balaban J connectivity index is 0.000000686. The molecule has 0 aliphatic heterocycles. The van der Waals surface area contributed by atoms with Crippen molar-refractivity contribution in [3.8, 4) is 11.4 Å². The van der Waals surface area contributed by atoms with Crippen molar-refractivity contribution in [2.45, 2.75) is 0 Å². The van der Waals surface area contributed by atoms with Crippen molar-refractivity contribution < 1.29 is 9.90 Å². The Morgan fingerprint density at radius 2 is 1.88 bits per heavy atom. The molecule has 5 heteroatoms. The summed E-state index contributed by atoms with van der Waals surface area (Å²) in [7, 11) is 1.00. The lowest BCUT2D eigenvalue weighted by Crippen LogP contribution is -2.09. The van der Waals surface area contributed by atoms with Crippen molar-refractivity contribution in [2.24, 2.45) is 0 Å². The molecule has 0 radical (unpaired) electrons. The van der Waals surface area contributed by atoms with Gasteiger partial charge in [0.1, 0.15) is 11.5 Å². The molecule has 5 nitrogen and oxygen atoms in total. The first-order valence-electron chi connectivity index (χ1n) is 4.86. The molecular formula is C12H12N2O3. The molecule has 0 saturated carbocycles. The van der Waals surface area contributed by atoms with Crippen LogP contribution in [-0.2, 0) is 0 Å². The van der Waals surface area contributed by atoms with E-state index in [4.69, 9.17) is 5.11 Å². The number of rotatable bonds is 2. The van der Waals surface area contributed by atoms with Crippen molar-refractivity contribution in [2.75, 3.05) is 7.11 Å². The number of H-pyrrole nitrogens is 1. The van der Waals surface area contributed by atoms with Gasteiger partial charge in [-0.3, -0.25) is 9.59 Å². The molecule has 0 fully saturated rings. The minimum atomic E-state index is -0.328. The Hall–Kier alpha value is -2.27. The van der Waals surface area contributed by atoms with E-state index in [0.29, 0.717) is 12.1 Å². The molecule has 0 atom stereocenters. The average molecular weight is 232 g/mol. The molecule has 1 heterocycles. The lowest BCUT2D eigenvalue weighted by atomic mass is 10.2. The van der Waals surface area contributed by atoms with Crippen LogP contribution in [0.5, 0.6) is 0 Å². The van der Waals surface area contributed by atoms with Gasteiger partial charge in [0, 0.05) is 18.7 Å². The zero-order valence-corrected chi connectivity index (χ0v) is 9.25. The van der Waals surface area contributed by atoms with Crippen LogP contribution in [0.25, 0.3) is 11.4 Å². The molecule has 0 amide bonds. The van der Waals surface area contributed by atoms with Gasteiger partial charge in [0.2, 0.25) is 0 Å². The first kappa shape index (κ1) is 12.8. The van der Waals surface area contributed by atoms with Gasteiger partial charge >= 0.3 is 0 Å². The largest absolute Gasteiger partial charge is 0.400 e. The Morgan fingerprint density at radius 3 is 2.47 bits per heavy atom. The number of benzene rings is 1. The molecule has 2 aromatic rings. The summed E-state index contributed by atoms with van der Waals surface area (Å²) in [5.41, 5.74) is 0.585. The number of aliphatic hydroxyl groups is 1. The molecule has 17 heavy (non-hydrogen) atoms. The highest BCUT2D eigenvalue weighted by atomic mass is 16.2. The topological polar surface area (TPSA) is 83.0 Å². The van der Waals surface area contributed by atoms with Gasteiger partial charge in [0.05, 0.1) is 0 Å². The maximum Gasteiger partial charge on any atom is 0.251 e. The lowest BCUT2D eigenvalue weighted by Gasteiger charge is -1.99. The van der Waals surface area contributed by atoms with E-state index in [1.54, 1.807) is 0 Å². The number of hydrogen-bond donors (Lipinski definition) is 2. The zero-order chi connectivity index (χ0) is 12.7. The summed E-state index contributed by atoms with van der Waals surface area (Å²) in [4.78, 5) is 28.3. The number of aliphatic hydroxyl groups excluding tert-OH is 1. The first-order valence-corrected chi connectivity index (χ1v) is 4.86. The number of nitrogens with zero attached hydrogens (tertiary/aromatic N) is 1. The Bertz CT molecular complexity index is 535. The van der Waals surface area contributed by atoms with E-state index in [0.717, 1.165) is 12.7 Å². The van der Waals surface area contributed by atoms with Crippen LogP contribution < -0.4 is 5.56 Å². The van der Waals surface area contributed by atoms with E-state index >= 15 is 0 Å². The number of aldehydes is 1. The molecule has 0 aliphatic carbocycles. The number of hydrogen-bond acceptors (Lipinski definition) is 4. The second-order valence-electron chi connectivity index (χ2n) is 3.00. The van der Waals surface area contributed by atoms with E-state index in [9.17, 15) is 9.59 Å². The Kier molecular flexibility index (Phi) is 4.77. The average Bonchev–Trinajstić information content (AvgIpc) is 2.41. The second-order valence-corrected chi connectivity index (χ2v) is 3.00. The molecule has 2 N–H and O–H groups in total. The van der Waals surface area contributed by atoms with Crippen molar-refractivity contribution >= 4 is 6.29 Å². The Labute approximate surface area is 97.8 Å². The van der Waals surface area contributed by atoms with Crippen LogP contribution in [0, 0.1) is 0 Å². The highest BCUT2D eigenvalue weighted by Gasteiger charge is 2.02. The van der Waals surface area contributed by atoms with Gasteiger partial charge in [-0.1, -0.05) is 30.3 Å².